The SMILES string of the molecule is C=C1N(C)[C@@H](C)CC1(c1ccccc1)c1ccccc1. The van der Waals surface area contributed by atoms with Gasteiger partial charge in [-0.05, 0) is 24.5 Å². The summed E-state index contributed by atoms with van der Waals surface area (Å²) in [6, 6.07) is 22.0. The van der Waals surface area contributed by atoms with Crippen LogP contribution in [0.25, 0.3) is 0 Å². The Hall–Kier alpha value is -2.02. The number of hydrogen-bond acceptors (Lipinski definition) is 1. The van der Waals surface area contributed by atoms with E-state index in [-0.39, 0.29) is 5.41 Å². The average Bonchev–Trinajstić information content (AvgIpc) is 2.74. The number of likely N-dealkylation sites (N-methyl/N-ethyl adjacent to an activating group) is 1. The van der Waals surface area contributed by atoms with E-state index in [0.717, 1.165) is 6.42 Å². The van der Waals surface area contributed by atoms with Gasteiger partial charge in [0.1, 0.15) is 0 Å². The molecule has 0 saturated carbocycles. The lowest BCUT2D eigenvalue weighted by Gasteiger charge is -2.32. The van der Waals surface area contributed by atoms with Crippen LogP contribution >= 0.6 is 0 Å². The normalized spacial score (nSPS) is 21.2. The van der Waals surface area contributed by atoms with Crippen molar-refractivity contribution in [3.8, 4) is 0 Å². The van der Waals surface area contributed by atoms with Crippen molar-refractivity contribution in [3.63, 3.8) is 0 Å². The monoisotopic (exact) mass is 263 g/mol. The molecule has 1 heteroatoms. The number of allylic oxidation sites excluding steroid dienone is 1. The van der Waals surface area contributed by atoms with E-state index in [1.807, 2.05) is 0 Å². The fourth-order valence-corrected chi connectivity index (χ4v) is 3.45. The molecule has 0 bridgehead atoms. The second-order valence-corrected chi connectivity index (χ2v) is 5.75. The molecule has 20 heavy (non-hydrogen) atoms. The summed E-state index contributed by atoms with van der Waals surface area (Å²) in [4.78, 5) is 2.32. The van der Waals surface area contributed by atoms with E-state index in [9.17, 15) is 0 Å². The van der Waals surface area contributed by atoms with Crippen molar-refractivity contribution in [2.75, 3.05) is 7.05 Å². The first-order valence-corrected chi connectivity index (χ1v) is 7.19. The molecule has 102 valence electrons. The standard InChI is InChI=1S/C19H21N/c1-15-14-19(16(2)20(15)3,17-10-6-4-7-11-17)18-12-8-5-9-13-18/h4-13,15H,2,14H2,1,3H3/t15-/m0/s1. The highest BCUT2D eigenvalue weighted by Gasteiger charge is 2.46. The van der Waals surface area contributed by atoms with Crippen LogP contribution in [-0.4, -0.2) is 18.0 Å². The highest BCUT2D eigenvalue weighted by atomic mass is 15.2. The minimum atomic E-state index is -0.0866. The molecule has 1 heterocycles. The zero-order chi connectivity index (χ0) is 14.2. The minimum Gasteiger partial charge on any atom is -0.375 e. The number of nitrogens with zero attached hydrogens (tertiary/aromatic N) is 1. The van der Waals surface area contributed by atoms with Gasteiger partial charge in [0, 0.05) is 18.8 Å². The van der Waals surface area contributed by atoms with Crippen LogP contribution in [0.15, 0.2) is 72.9 Å². The lowest BCUT2D eigenvalue weighted by Crippen LogP contribution is -2.28. The van der Waals surface area contributed by atoms with Crippen LogP contribution in [0.4, 0.5) is 0 Å². The van der Waals surface area contributed by atoms with Crippen molar-refractivity contribution in [3.05, 3.63) is 84.1 Å². The highest BCUT2D eigenvalue weighted by molar-refractivity contribution is 5.49. The van der Waals surface area contributed by atoms with E-state index in [1.54, 1.807) is 0 Å². The first kappa shape index (κ1) is 13.0. The van der Waals surface area contributed by atoms with Crippen molar-refractivity contribution < 1.29 is 0 Å². The summed E-state index contributed by atoms with van der Waals surface area (Å²) in [5.74, 6) is 0. The maximum Gasteiger partial charge on any atom is 0.0613 e. The van der Waals surface area contributed by atoms with Crippen LogP contribution in [0.2, 0.25) is 0 Å². The predicted octanol–water partition coefficient (Wildman–Crippen LogP) is 4.21. The van der Waals surface area contributed by atoms with E-state index >= 15 is 0 Å². The fraction of sp³-hybridized carbons (Fsp3) is 0.263. The molecule has 1 nitrogen and oxygen atoms in total. The lowest BCUT2D eigenvalue weighted by molar-refractivity contribution is 0.377. The van der Waals surface area contributed by atoms with Crippen molar-refractivity contribution >= 4 is 0 Å². The summed E-state index contributed by atoms with van der Waals surface area (Å²) in [5, 5.41) is 0. The van der Waals surface area contributed by atoms with Gasteiger partial charge in [-0.2, -0.15) is 0 Å². The summed E-state index contributed by atoms with van der Waals surface area (Å²) in [6.45, 7) is 6.69. The first-order chi connectivity index (χ1) is 9.66. The number of likely N-dealkylation sites (tertiary alicyclic amines) is 1. The van der Waals surface area contributed by atoms with Crippen molar-refractivity contribution in [2.24, 2.45) is 0 Å². The topological polar surface area (TPSA) is 3.24 Å². The number of rotatable bonds is 2. The molecule has 0 unspecified atom stereocenters. The fourth-order valence-electron chi connectivity index (χ4n) is 3.45. The van der Waals surface area contributed by atoms with Gasteiger partial charge < -0.3 is 4.90 Å². The maximum atomic E-state index is 4.42. The van der Waals surface area contributed by atoms with E-state index < -0.39 is 0 Å². The van der Waals surface area contributed by atoms with Crippen LogP contribution in [0.1, 0.15) is 24.5 Å². The Morgan fingerprint density at radius 3 is 1.75 bits per heavy atom. The Morgan fingerprint density at radius 2 is 1.40 bits per heavy atom. The molecule has 0 aliphatic carbocycles. The van der Waals surface area contributed by atoms with Crippen LogP contribution in [0, 0.1) is 0 Å². The van der Waals surface area contributed by atoms with Crippen molar-refractivity contribution in [1.29, 1.82) is 0 Å². The van der Waals surface area contributed by atoms with Crippen molar-refractivity contribution in [1.82, 2.24) is 4.90 Å². The Labute approximate surface area is 121 Å². The van der Waals surface area contributed by atoms with Crippen LogP contribution < -0.4 is 0 Å². The molecular weight excluding hydrogens is 242 g/mol. The smallest absolute Gasteiger partial charge is 0.0613 e. The Morgan fingerprint density at radius 1 is 0.950 bits per heavy atom. The molecular formula is C19H21N. The predicted molar refractivity (Wildman–Crippen MR) is 84.6 cm³/mol. The minimum absolute atomic E-state index is 0.0866. The van der Waals surface area contributed by atoms with Crippen LogP contribution in [0.3, 0.4) is 0 Å². The molecule has 0 radical (unpaired) electrons. The molecule has 1 fully saturated rings. The van der Waals surface area contributed by atoms with Gasteiger partial charge in [-0.15, -0.1) is 0 Å². The quantitative estimate of drug-likeness (QED) is 0.784. The number of benzene rings is 2. The first-order valence-electron chi connectivity index (χ1n) is 7.19. The molecule has 0 N–H and O–H groups in total. The largest absolute Gasteiger partial charge is 0.375 e. The molecule has 0 spiro atoms. The third-order valence-corrected chi connectivity index (χ3v) is 4.71. The second kappa shape index (κ2) is 4.82. The lowest BCUT2D eigenvalue weighted by atomic mass is 9.71. The molecule has 2 aromatic rings. The Kier molecular flexibility index (Phi) is 3.13. The molecule has 2 aromatic carbocycles. The molecule has 0 amide bonds. The van der Waals surface area contributed by atoms with E-state index in [0.29, 0.717) is 6.04 Å². The summed E-state index contributed by atoms with van der Waals surface area (Å²) in [5.41, 5.74) is 3.79. The third-order valence-electron chi connectivity index (χ3n) is 4.71. The summed E-state index contributed by atoms with van der Waals surface area (Å²) >= 11 is 0. The van der Waals surface area contributed by atoms with E-state index in [4.69, 9.17) is 0 Å². The van der Waals surface area contributed by atoms with Crippen molar-refractivity contribution in [2.45, 2.75) is 24.8 Å². The molecule has 0 aromatic heterocycles. The van der Waals surface area contributed by atoms with Gasteiger partial charge >= 0.3 is 0 Å². The molecule has 3 rings (SSSR count). The van der Waals surface area contributed by atoms with Crippen LogP contribution in [-0.2, 0) is 5.41 Å². The van der Waals surface area contributed by atoms with Gasteiger partial charge in [0.15, 0.2) is 0 Å². The van der Waals surface area contributed by atoms with Gasteiger partial charge in [-0.3, -0.25) is 0 Å². The summed E-state index contributed by atoms with van der Waals surface area (Å²) < 4.78 is 0. The second-order valence-electron chi connectivity index (χ2n) is 5.75. The molecule has 1 aliphatic heterocycles. The number of hydrogen-bond donors (Lipinski definition) is 0. The summed E-state index contributed by atoms with van der Waals surface area (Å²) in [6.07, 6.45) is 1.08. The Bertz CT molecular complexity index is 561. The van der Waals surface area contributed by atoms with Gasteiger partial charge in [0.05, 0.1) is 5.41 Å². The average molecular weight is 263 g/mol. The van der Waals surface area contributed by atoms with Gasteiger partial charge in [0.25, 0.3) is 0 Å². The molecule has 1 atom stereocenters. The summed E-state index contributed by atoms with van der Waals surface area (Å²) in [7, 11) is 2.15. The molecule has 1 aliphatic rings. The van der Waals surface area contributed by atoms with Gasteiger partial charge in [0.2, 0.25) is 0 Å². The Balaban J connectivity index is 2.22. The van der Waals surface area contributed by atoms with Crippen LogP contribution in [0.5, 0.6) is 0 Å². The van der Waals surface area contributed by atoms with E-state index in [2.05, 4.69) is 86.1 Å². The van der Waals surface area contributed by atoms with Gasteiger partial charge in [-0.25, -0.2) is 0 Å². The zero-order valence-corrected chi connectivity index (χ0v) is 12.2. The zero-order valence-electron chi connectivity index (χ0n) is 12.2. The van der Waals surface area contributed by atoms with Gasteiger partial charge in [-0.1, -0.05) is 67.2 Å². The van der Waals surface area contributed by atoms with E-state index in [1.165, 1.54) is 16.8 Å². The highest BCUT2D eigenvalue weighted by Crippen LogP contribution is 2.49. The maximum absolute atomic E-state index is 4.42. The molecule has 1 saturated heterocycles. The third kappa shape index (κ3) is 1.77.